The molecule has 0 spiro atoms. The van der Waals surface area contributed by atoms with Gasteiger partial charge in [-0.1, -0.05) is 13.7 Å². The van der Waals surface area contributed by atoms with Crippen LogP contribution in [-0.2, 0) is 4.84 Å². The Labute approximate surface area is 116 Å². The van der Waals surface area contributed by atoms with Crippen LogP contribution in [-0.4, -0.2) is 42.2 Å². The lowest BCUT2D eigenvalue weighted by molar-refractivity contribution is 0.180. The molecule has 0 bridgehead atoms. The number of hydrogen-bond acceptors (Lipinski definition) is 7. The highest BCUT2D eigenvalue weighted by Gasteiger charge is 2.09. The number of rotatable bonds is 8. The van der Waals surface area contributed by atoms with Gasteiger partial charge in [0.05, 0.1) is 7.11 Å². The maximum Gasteiger partial charge on any atom is 0.256 e. The Hall–Kier alpha value is -1.63. The molecule has 7 heteroatoms. The van der Waals surface area contributed by atoms with E-state index in [1.54, 1.807) is 7.05 Å². The van der Waals surface area contributed by atoms with Gasteiger partial charge in [-0.15, -0.1) is 0 Å². The quantitative estimate of drug-likeness (QED) is 0.686. The van der Waals surface area contributed by atoms with E-state index in [0.29, 0.717) is 0 Å². The van der Waals surface area contributed by atoms with Crippen LogP contribution in [0, 0.1) is 0 Å². The normalized spacial score (nSPS) is 16.6. The molecule has 0 radical (unpaired) electrons. The van der Waals surface area contributed by atoms with Crippen LogP contribution in [0.3, 0.4) is 0 Å². The molecule has 0 saturated carbocycles. The summed E-state index contributed by atoms with van der Waals surface area (Å²) in [4.78, 5) is 17.3. The average Bonchev–Trinajstić information content (AvgIpc) is 2.43. The van der Waals surface area contributed by atoms with Crippen molar-refractivity contribution in [2.24, 2.45) is 0 Å². The molecule has 0 amide bonds. The molecule has 1 aromatic rings. The standard InChI is InChI=1S/C11H22N6O/c1-5-7-12-9-14-10(13-8-6-2)16-11(15-9)17(3)18-4/h5-8H2,1-4H3,(H2,12,13,14,15,16)/i1D3,2D3. The summed E-state index contributed by atoms with van der Waals surface area (Å²) in [5, 5.41) is 6.92. The number of nitrogens with zero attached hydrogens (tertiary/aromatic N) is 4. The molecule has 18 heavy (non-hydrogen) atoms. The van der Waals surface area contributed by atoms with Gasteiger partial charge in [0.2, 0.25) is 11.9 Å². The van der Waals surface area contributed by atoms with Crippen LogP contribution in [0.2, 0.25) is 0 Å². The summed E-state index contributed by atoms with van der Waals surface area (Å²) in [7, 11) is 3.03. The van der Waals surface area contributed by atoms with Gasteiger partial charge in [-0.2, -0.15) is 15.0 Å². The summed E-state index contributed by atoms with van der Waals surface area (Å²) in [6, 6.07) is 0. The molecule has 0 fully saturated rings. The van der Waals surface area contributed by atoms with Crippen molar-refractivity contribution in [2.75, 3.05) is 42.9 Å². The first kappa shape index (κ1) is 7.73. The fraction of sp³-hybridized carbons (Fsp3) is 0.727. The van der Waals surface area contributed by atoms with Crippen LogP contribution in [0.5, 0.6) is 0 Å². The molecule has 0 aromatic carbocycles. The van der Waals surface area contributed by atoms with Gasteiger partial charge in [-0.05, 0) is 12.8 Å². The summed E-state index contributed by atoms with van der Waals surface area (Å²) >= 11 is 0. The molecule has 2 N–H and O–H groups in total. The van der Waals surface area contributed by atoms with Crippen molar-refractivity contribution >= 4 is 17.8 Å². The molecule has 0 atom stereocenters. The lowest BCUT2D eigenvalue weighted by Gasteiger charge is -2.15. The van der Waals surface area contributed by atoms with Crippen LogP contribution in [0.15, 0.2) is 0 Å². The van der Waals surface area contributed by atoms with Crippen LogP contribution in [0.25, 0.3) is 0 Å². The topological polar surface area (TPSA) is 75.2 Å². The second kappa shape index (κ2) is 7.65. The number of anilines is 3. The van der Waals surface area contributed by atoms with Crippen molar-refractivity contribution in [3.63, 3.8) is 0 Å². The smallest absolute Gasteiger partial charge is 0.256 e. The second-order valence-corrected chi connectivity index (χ2v) is 3.32. The minimum absolute atomic E-state index is 0.0457. The monoisotopic (exact) mass is 260 g/mol. The molecule has 7 nitrogen and oxygen atoms in total. The van der Waals surface area contributed by atoms with Crippen molar-refractivity contribution < 1.29 is 13.1 Å². The van der Waals surface area contributed by atoms with Crippen LogP contribution < -0.4 is 15.7 Å². The third-order valence-electron chi connectivity index (χ3n) is 2.00. The second-order valence-electron chi connectivity index (χ2n) is 3.32. The number of nitrogens with one attached hydrogen (secondary N) is 2. The summed E-state index contributed by atoms with van der Waals surface area (Å²) < 4.78 is 43.1. The van der Waals surface area contributed by atoms with Crippen LogP contribution >= 0.6 is 0 Å². The van der Waals surface area contributed by atoms with Gasteiger partial charge in [0.1, 0.15) is 0 Å². The molecule has 0 aliphatic heterocycles. The molecule has 0 unspecified atom stereocenters. The van der Waals surface area contributed by atoms with E-state index in [9.17, 15) is 0 Å². The number of hydroxylamine groups is 1. The number of aromatic nitrogens is 3. The fourth-order valence-electron chi connectivity index (χ4n) is 1.09. The Balaban J connectivity index is 2.80. The lowest BCUT2D eigenvalue weighted by Crippen LogP contribution is -2.20. The van der Waals surface area contributed by atoms with Crippen molar-refractivity contribution in [1.82, 2.24) is 15.0 Å². The highest BCUT2D eigenvalue weighted by Crippen LogP contribution is 2.12. The third kappa shape index (κ3) is 4.33. The third-order valence-corrected chi connectivity index (χ3v) is 2.00. The van der Waals surface area contributed by atoms with Crippen molar-refractivity contribution in [3.05, 3.63) is 0 Å². The molecule has 0 aliphatic rings. The first-order valence-corrected chi connectivity index (χ1v) is 5.52. The van der Waals surface area contributed by atoms with Crippen molar-refractivity contribution in [1.29, 1.82) is 0 Å². The van der Waals surface area contributed by atoms with Gasteiger partial charge in [0.15, 0.2) is 0 Å². The minimum Gasteiger partial charge on any atom is -0.354 e. The van der Waals surface area contributed by atoms with Crippen molar-refractivity contribution in [3.8, 4) is 0 Å². The van der Waals surface area contributed by atoms with E-state index in [4.69, 9.17) is 13.1 Å². The SMILES string of the molecule is [2H]C([2H])([2H])CCNc1nc(NCCC([2H])([2H])[2H])nc(N(C)OC)n1. The predicted molar refractivity (Wildman–Crippen MR) is 72.8 cm³/mol. The maximum atomic E-state index is 7.18. The van der Waals surface area contributed by atoms with Gasteiger partial charge in [-0.25, -0.2) is 5.06 Å². The average molecular weight is 260 g/mol. The predicted octanol–water partition coefficient (Wildman–Crippen LogP) is 1.51. The Morgan fingerprint density at radius 3 is 2.11 bits per heavy atom. The zero-order chi connectivity index (χ0) is 18.4. The van der Waals surface area contributed by atoms with Gasteiger partial charge in [-0.3, -0.25) is 4.84 Å². The molecule has 1 rings (SSSR count). The first-order chi connectivity index (χ1) is 11.0. The summed E-state index contributed by atoms with van der Waals surface area (Å²) in [5.41, 5.74) is 0. The van der Waals surface area contributed by atoms with E-state index in [2.05, 4.69) is 25.6 Å². The maximum absolute atomic E-state index is 7.18. The van der Waals surface area contributed by atoms with E-state index in [-0.39, 0.29) is 43.8 Å². The largest absolute Gasteiger partial charge is 0.354 e. The zero-order valence-electron chi connectivity index (χ0n) is 16.5. The Morgan fingerprint density at radius 2 is 1.67 bits per heavy atom. The Bertz CT molecular complexity index is 484. The molecule has 102 valence electrons. The molecular weight excluding hydrogens is 232 g/mol. The van der Waals surface area contributed by atoms with Crippen molar-refractivity contribution in [2.45, 2.75) is 26.5 Å². The molecular formula is C11H22N6O. The molecule has 1 aromatic heterocycles. The van der Waals surface area contributed by atoms with E-state index in [1.807, 2.05) is 0 Å². The first-order valence-electron chi connectivity index (χ1n) is 8.52. The van der Waals surface area contributed by atoms with Crippen LogP contribution in [0.4, 0.5) is 17.8 Å². The molecule has 0 saturated heterocycles. The summed E-state index contributed by atoms with van der Waals surface area (Å²) in [5.74, 6) is 0.536. The summed E-state index contributed by atoms with van der Waals surface area (Å²) in [6.07, 6.45) is -0.0914. The number of hydrogen-bond donors (Lipinski definition) is 2. The lowest BCUT2D eigenvalue weighted by atomic mass is 10.5. The zero-order valence-corrected chi connectivity index (χ0v) is 10.5. The van der Waals surface area contributed by atoms with E-state index in [1.165, 1.54) is 12.2 Å². The Morgan fingerprint density at radius 1 is 1.11 bits per heavy atom. The molecule has 0 aliphatic carbocycles. The molecule has 1 heterocycles. The highest BCUT2D eigenvalue weighted by molar-refractivity contribution is 5.42. The Kier molecular flexibility index (Phi) is 3.28. The highest BCUT2D eigenvalue weighted by atomic mass is 16.7. The van der Waals surface area contributed by atoms with Gasteiger partial charge < -0.3 is 10.6 Å². The van der Waals surface area contributed by atoms with Gasteiger partial charge >= 0.3 is 0 Å². The fourth-order valence-corrected chi connectivity index (χ4v) is 1.09. The van der Waals surface area contributed by atoms with Crippen LogP contribution in [0.1, 0.15) is 34.8 Å². The van der Waals surface area contributed by atoms with E-state index >= 15 is 0 Å². The van der Waals surface area contributed by atoms with E-state index in [0.717, 1.165) is 0 Å². The minimum atomic E-state index is -2.05. The van der Waals surface area contributed by atoms with Gasteiger partial charge in [0.25, 0.3) is 5.95 Å². The van der Waals surface area contributed by atoms with E-state index < -0.39 is 13.7 Å². The van der Waals surface area contributed by atoms with Gasteiger partial charge in [0, 0.05) is 28.4 Å². The summed E-state index contributed by atoms with van der Waals surface area (Å²) in [6.45, 7) is -3.78.